The Hall–Kier alpha value is -2.76. The normalized spacial score (nSPS) is 10.6. The first kappa shape index (κ1) is 13.2. The second kappa shape index (κ2) is 5.70. The molecule has 0 aliphatic heterocycles. The van der Waals surface area contributed by atoms with Crippen molar-refractivity contribution in [2.45, 2.75) is 13.5 Å². The van der Waals surface area contributed by atoms with E-state index in [4.69, 9.17) is 0 Å². The number of nitrogens with one attached hydrogen (secondary N) is 1. The predicted octanol–water partition coefficient (Wildman–Crippen LogP) is 2.72. The van der Waals surface area contributed by atoms with Crippen molar-refractivity contribution in [2.75, 3.05) is 5.32 Å². The summed E-state index contributed by atoms with van der Waals surface area (Å²) in [7, 11) is 0. The van der Waals surface area contributed by atoms with E-state index in [0.717, 1.165) is 16.9 Å². The van der Waals surface area contributed by atoms with Crippen molar-refractivity contribution in [3.05, 3.63) is 65.7 Å². The van der Waals surface area contributed by atoms with Crippen LogP contribution in [0.4, 0.5) is 10.1 Å². The van der Waals surface area contributed by atoms with Gasteiger partial charge in [-0.25, -0.2) is 4.39 Å². The number of rotatable bonds is 4. The SMILES string of the molecule is Cc1cc(CNc2ccccc2-n2cnnn2)ccc1F. The maximum Gasteiger partial charge on any atom is 0.143 e. The van der Waals surface area contributed by atoms with Gasteiger partial charge in [-0.3, -0.25) is 0 Å². The van der Waals surface area contributed by atoms with Crippen LogP contribution < -0.4 is 5.32 Å². The molecule has 1 aromatic heterocycles. The van der Waals surface area contributed by atoms with Gasteiger partial charge in [0.1, 0.15) is 12.1 Å². The van der Waals surface area contributed by atoms with Crippen LogP contribution in [0.3, 0.4) is 0 Å². The predicted molar refractivity (Wildman–Crippen MR) is 77.6 cm³/mol. The van der Waals surface area contributed by atoms with Gasteiger partial charge in [0, 0.05) is 6.54 Å². The minimum absolute atomic E-state index is 0.187. The summed E-state index contributed by atoms with van der Waals surface area (Å²) >= 11 is 0. The lowest BCUT2D eigenvalue weighted by Crippen LogP contribution is -2.05. The van der Waals surface area contributed by atoms with E-state index in [1.54, 1.807) is 24.0 Å². The molecule has 3 rings (SSSR count). The summed E-state index contributed by atoms with van der Waals surface area (Å²) in [6.45, 7) is 2.36. The van der Waals surface area contributed by atoms with Crippen LogP contribution in [0.1, 0.15) is 11.1 Å². The monoisotopic (exact) mass is 283 g/mol. The van der Waals surface area contributed by atoms with Crippen molar-refractivity contribution < 1.29 is 4.39 Å². The molecule has 3 aromatic rings. The summed E-state index contributed by atoms with van der Waals surface area (Å²) in [4.78, 5) is 0. The molecule has 5 nitrogen and oxygen atoms in total. The second-order valence-corrected chi connectivity index (χ2v) is 4.71. The van der Waals surface area contributed by atoms with Gasteiger partial charge in [-0.2, -0.15) is 4.68 Å². The van der Waals surface area contributed by atoms with Crippen molar-refractivity contribution in [3.63, 3.8) is 0 Å². The first-order chi connectivity index (χ1) is 10.2. The van der Waals surface area contributed by atoms with E-state index in [0.29, 0.717) is 12.1 Å². The molecule has 21 heavy (non-hydrogen) atoms. The topological polar surface area (TPSA) is 55.6 Å². The van der Waals surface area contributed by atoms with Crippen molar-refractivity contribution in [3.8, 4) is 5.69 Å². The molecule has 0 radical (unpaired) electrons. The number of nitrogens with zero attached hydrogens (tertiary/aromatic N) is 4. The second-order valence-electron chi connectivity index (χ2n) is 4.71. The highest BCUT2D eigenvalue weighted by molar-refractivity contribution is 5.60. The van der Waals surface area contributed by atoms with Crippen LogP contribution >= 0.6 is 0 Å². The van der Waals surface area contributed by atoms with E-state index in [1.807, 2.05) is 30.3 Å². The first-order valence-electron chi connectivity index (χ1n) is 6.55. The fourth-order valence-corrected chi connectivity index (χ4v) is 2.11. The molecule has 6 heteroatoms. The van der Waals surface area contributed by atoms with Gasteiger partial charge in [-0.05, 0) is 46.7 Å². The molecule has 0 aliphatic carbocycles. The maximum absolute atomic E-state index is 13.3. The lowest BCUT2D eigenvalue weighted by molar-refractivity contribution is 0.617. The van der Waals surface area contributed by atoms with Crippen molar-refractivity contribution in [1.29, 1.82) is 0 Å². The summed E-state index contributed by atoms with van der Waals surface area (Å²) < 4.78 is 14.9. The highest BCUT2D eigenvalue weighted by atomic mass is 19.1. The Morgan fingerprint density at radius 2 is 2.05 bits per heavy atom. The Morgan fingerprint density at radius 1 is 1.19 bits per heavy atom. The zero-order valence-electron chi connectivity index (χ0n) is 11.5. The number of tetrazole rings is 1. The lowest BCUT2D eigenvalue weighted by atomic mass is 10.1. The fourth-order valence-electron chi connectivity index (χ4n) is 2.11. The molecule has 0 saturated carbocycles. The van der Waals surface area contributed by atoms with Gasteiger partial charge >= 0.3 is 0 Å². The van der Waals surface area contributed by atoms with Crippen LogP contribution in [-0.4, -0.2) is 20.2 Å². The largest absolute Gasteiger partial charge is 0.379 e. The average molecular weight is 283 g/mol. The molecule has 0 fully saturated rings. The highest BCUT2D eigenvalue weighted by Gasteiger charge is 2.05. The molecular weight excluding hydrogens is 269 g/mol. The van der Waals surface area contributed by atoms with Crippen molar-refractivity contribution >= 4 is 5.69 Å². The molecule has 1 N–H and O–H groups in total. The Balaban J connectivity index is 1.81. The smallest absolute Gasteiger partial charge is 0.143 e. The molecule has 0 amide bonds. The number of hydrogen-bond donors (Lipinski definition) is 1. The summed E-state index contributed by atoms with van der Waals surface area (Å²) in [6, 6.07) is 12.8. The van der Waals surface area contributed by atoms with Gasteiger partial charge < -0.3 is 5.32 Å². The van der Waals surface area contributed by atoms with Crippen LogP contribution in [0.15, 0.2) is 48.8 Å². The van der Waals surface area contributed by atoms with Gasteiger partial charge in [0.05, 0.1) is 11.4 Å². The van der Waals surface area contributed by atoms with E-state index in [9.17, 15) is 4.39 Å². The Bertz CT molecular complexity index is 740. The van der Waals surface area contributed by atoms with Crippen LogP contribution in [0.25, 0.3) is 5.69 Å². The quantitative estimate of drug-likeness (QED) is 0.800. The molecule has 0 unspecified atom stereocenters. The van der Waals surface area contributed by atoms with Crippen molar-refractivity contribution in [2.24, 2.45) is 0 Å². The van der Waals surface area contributed by atoms with Crippen LogP contribution in [0, 0.1) is 12.7 Å². The number of aryl methyl sites for hydroxylation is 1. The van der Waals surface area contributed by atoms with Gasteiger partial charge in [0.15, 0.2) is 0 Å². The lowest BCUT2D eigenvalue weighted by Gasteiger charge is -2.11. The van der Waals surface area contributed by atoms with E-state index in [1.165, 1.54) is 6.07 Å². The van der Waals surface area contributed by atoms with Gasteiger partial charge in [-0.15, -0.1) is 5.10 Å². The Kier molecular flexibility index (Phi) is 3.59. The van der Waals surface area contributed by atoms with Crippen molar-refractivity contribution in [1.82, 2.24) is 20.2 Å². The van der Waals surface area contributed by atoms with Gasteiger partial charge in [0.2, 0.25) is 0 Å². The van der Waals surface area contributed by atoms with E-state index < -0.39 is 0 Å². The molecule has 2 aromatic carbocycles. The number of hydrogen-bond acceptors (Lipinski definition) is 4. The number of anilines is 1. The molecule has 0 bridgehead atoms. The molecule has 0 atom stereocenters. The van der Waals surface area contributed by atoms with Gasteiger partial charge in [0.25, 0.3) is 0 Å². The third kappa shape index (κ3) is 2.89. The number of aromatic nitrogens is 4. The van der Waals surface area contributed by atoms with E-state index >= 15 is 0 Å². The van der Waals surface area contributed by atoms with Crippen LogP contribution in [-0.2, 0) is 6.54 Å². The minimum atomic E-state index is -0.187. The number of para-hydroxylation sites is 2. The molecule has 106 valence electrons. The zero-order chi connectivity index (χ0) is 14.7. The molecular formula is C15H14FN5. The summed E-state index contributed by atoms with van der Waals surface area (Å²) in [6.07, 6.45) is 1.54. The standard InChI is InChI=1S/C15H14FN5/c1-11-8-12(6-7-13(11)16)9-17-14-4-2-3-5-15(14)21-10-18-19-20-21/h2-8,10,17H,9H2,1H3. The molecule has 0 saturated heterocycles. The van der Waals surface area contributed by atoms with Crippen LogP contribution in [0.5, 0.6) is 0 Å². The fraction of sp³-hybridized carbons (Fsp3) is 0.133. The van der Waals surface area contributed by atoms with Crippen LogP contribution in [0.2, 0.25) is 0 Å². The number of halogens is 1. The maximum atomic E-state index is 13.3. The third-order valence-corrected chi connectivity index (χ3v) is 3.21. The zero-order valence-corrected chi connectivity index (χ0v) is 11.5. The Labute approximate surface area is 121 Å². The first-order valence-corrected chi connectivity index (χ1v) is 6.55. The van der Waals surface area contributed by atoms with E-state index in [-0.39, 0.29) is 5.82 Å². The average Bonchev–Trinajstić information content (AvgIpc) is 3.03. The summed E-state index contributed by atoms with van der Waals surface area (Å²) in [5, 5.41) is 14.5. The molecule has 0 aliphatic rings. The van der Waals surface area contributed by atoms with E-state index in [2.05, 4.69) is 20.8 Å². The van der Waals surface area contributed by atoms with Gasteiger partial charge in [-0.1, -0.05) is 24.3 Å². The summed E-state index contributed by atoms with van der Waals surface area (Å²) in [5.74, 6) is -0.187. The minimum Gasteiger partial charge on any atom is -0.379 e. The summed E-state index contributed by atoms with van der Waals surface area (Å²) in [5.41, 5.74) is 3.43. The third-order valence-electron chi connectivity index (χ3n) is 3.21. The highest BCUT2D eigenvalue weighted by Crippen LogP contribution is 2.19. The number of benzene rings is 2. The molecule has 1 heterocycles. The Morgan fingerprint density at radius 3 is 2.81 bits per heavy atom. The molecule has 0 spiro atoms.